The second-order valence-electron chi connectivity index (χ2n) is 7.29. The van der Waals surface area contributed by atoms with Gasteiger partial charge in [-0.3, -0.25) is 24.4 Å². The number of carbonyl (C=O) groups excluding carboxylic acids is 3. The molecule has 1 aromatic carbocycles. The van der Waals surface area contributed by atoms with Gasteiger partial charge in [0.1, 0.15) is 0 Å². The highest BCUT2D eigenvalue weighted by Crippen LogP contribution is 2.26. The minimum Gasteiger partial charge on any atom is -0.311 e. The first-order chi connectivity index (χ1) is 13.0. The molecule has 0 aliphatic carbocycles. The molecule has 0 spiro atoms. The molecule has 0 saturated heterocycles. The summed E-state index contributed by atoms with van der Waals surface area (Å²) in [6, 6.07) is 4.61. The molecule has 2 aliphatic heterocycles. The van der Waals surface area contributed by atoms with Crippen molar-refractivity contribution in [2.24, 2.45) is 5.92 Å². The van der Waals surface area contributed by atoms with E-state index in [9.17, 15) is 14.4 Å². The van der Waals surface area contributed by atoms with Gasteiger partial charge in [0, 0.05) is 24.2 Å². The lowest BCUT2D eigenvalue weighted by molar-refractivity contribution is 0.0636. The van der Waals surface area contributed by atoms with E-state index >= 15 is 0 Å². The molecule has 3 heterocycles. The van der Waals surface area contributed by atoms with Gasteiger partial charge in [-0.2, -0.15) is 5.10 Å². The molecule has 0 fully saturated rings. The summed E-state index contributed by atoms with van der Waals surface area (Å²) in [5.41, 5.74) is 2.92. The second kappa shape index (κ2) is 6.62. The molecule has 3 amide bonds. The van der Waals surface area contributed by atoms with Gasteiger partial charge in [-0.25, -0.2) is 0 Å². The SMILES string of the molecule is CC(C)CN1C(=O)c2ccc(C(=O)Nc3n[nH]c4c3CCNC4)cc2C1=O. The van der Waals surface area contributed by atoms with Crippen LogP contribution in [-0.2, 0) is 13.0 Å². The zero-order chi connectivity index (χ0) is 19.1. The molecule has 0 saturated carbocycles. The highest BCUT2D eigenvalue weighted by Gasteiger charge is 2.36. The molecule has 0 bridgehead atoms. The van der Waals surface area contributed by atoms with Crippen LogP contribution in [0, 0.1) is 5.92 Å². The van der Waals surface area contributed by atoms with Crippen LogP contribution in [0.5, 0.6) is 0 Å². The van der Waals surface area contributed by atoms with Crippen molar-refractivity contribution in [3.05, 3.63) is 46.1 Å². The van der Waals surface area contributed by atoms with E-state index < -0.39 is 0 Å². The van der Waals surface area contributed by atoms with Crippen LogP contribution in [0.15, 0.2) is 18.2 Å². The van der Waals surface area contributed by atoms with Crippen molar-refractivity contribution in [2.45, 2.75) is 26.8 Å². The van der Waals surface area contributed by atoms with Gasteiger partial charge in [0.05, 0.1) is 16.8 Å². The third-order valence-electron chi connectivity index (χ3n) is 4.82. The van der Waals surface area contributed by atoms with Gasteiger partial charge in [0.2, 0.25) is 0 Å². The van der Waals surface area contributed by atoms with Crippen LogP contribution in [0.2, 0.25) is 0 Å². The number of hydrogen-bond donors (Lipinski definition) is 3. The molecule has 1 aromatic heterocycles. The van der Waals surface area contributed by atoms with E-state index in [1.807, 2.05) is 13.8 Å². The predicted molar refractivity (Wildman–Crippen MR) is 98.6 cm³/mol. The number of imide groups is 1. The summed E-state index contributed by atoms with van der Waals surface area (Å²) >= 11 is 0. The van der Waals surface area contributed by atoms with Gasteiger partial charge in [0.25, 0.3) is 17.7 Å². The third kappa shape index (κ3) is 3.02. The average Bonchev–Trinajstić information content (AvgIpc) is 3.16. The highest BCUT2D eigenvalue weighted by molar-refractivity contribution is 6.22. The fourth-order valence-electron chi connectivity index (χ4n) is 3.49. The number of H-pyrrole nitrogens is 1. The number of aromatic amines is 1. The van der Waals surface area contributed by atoms with E-state index in [1.54, 1.807) is 12.1 Å². The van der Waals surface area contributed by atoms with Gasteiger partial charge in [-0.05, 0) is 37.1 Å². The number of nitrogens with zero attached hydrogens (tertiary/aromatic N) is 2. The van der Waals surface area contributed by atoms with Crippen LogP contribution in [0.25, 0.3) is 0 Å². The number of benzene rings is 1. The number of amides is 3. The first kappa shape index (κ1) is 17.4. The standard InChI is InChI=1S/C19H21N5O3/c1-10(2)9-24-18(26)12-4-3-11(7-14(12)19(24)27)17(25)21-16-13-5-6-20-8-15(13)22-23-16/h3-4,7,10,20H,5-6,8-9H2,1-2H3,(H2,21,22,23,25). The van der Waals surface area contributed by atoms with E-state index in [4.69, 9.17) is 0 Å². The van der Waals surface area contributed by atoms with Crippen molar-refractivity contribution in [3.8, 4) is 0 Å². The number of aromatic nitrogens is 2. The smallest absolute Gasteiger partial charge is 0.261 e. The monoisotopic (exact) mass is 367 g/mol. The van der Waals surface area contributed by atoms with Crippen LogP contribution >= 0.6 is 0 Å². The van der Waals surface area contributed by atoms with Crippen LogP contribution in [-0.4, -0.2) is 45.9 Å². The summed E-state index contributed by atoms with van der Waals surface area (Å²) < 4.78 is 0. The van der Waals surface area contributed by atoms with Gasteiger partial charge < -0.3 is 10.6 Å². The molecule has 4 rings (SSSR count). The van der Waals surface area contributed by atoms with Crippen LogP contribution in [0.4, 0.5) is 5.82 Å². The van der Waals surface area contributed by atoms with Gasteiger partial charge in [-0.15, -0.1) is 0 Å². The Labute approximate surface area is 156 Å². The zero-order valence-electron chi connectivity index (χ0n) is 15.3. The van der Waals surface area contributed by atoms with Crippen LogP contribution in [0.3, 0.4) is 0 Å². The Morgan fingerprint density at radius 3 is 2.81 bits per heavy atom. The summed E-state index contributed by atoms with van der Waals surface area (Å²) in [5.74, 6) is -0.310. The van der Waals surface area contributed by atoms with Crippen molar-refractivity contribution in [1.82, 2.24) is 20.4 Å². The van der Waals surface area contributed by atoms with Crippen molar-refractivity contribution in [1.29, 1.82) is 0 Å². The normalized spacial score (nSPS) is 15.9. The Morgan fingerprint density at radius 2 is 2.04 bits per heavy atom. The number of nitrogens with one attached hydrogen (secondary N) is 3. The van der Waals surface area contributed by atoms with E-state index in [0.717, 1.165) is 24.2 Å². The number of hydrogen-bond acceptors (Lipinski definition) is 5. The Morgan fingerprint density at radius 1 is 1.26 bits per heavy atom. The molecule has 0 unspecified atom stereocenters. The molecule has 3 N–H and O–H groups in total. The number of carbonyl (C=O) groups is 3. The van der Waals surface area contributed by atoms with Crippen LogP contribution in [0.1, 0.15) is 56.2 Å². The van der Waals surface area contributed by atoms with E-state index in [1.165, 1.54) is 11.0 Å². The topological polar surface area (TPSA) is 107 Å². The van der Waals surface area contributed by atoms with E-state index in [0.29, 0.717) is 30.0 Å². The van der Waals surface area contributed by atoms with Gasteiger partial charge >= 0.3 is 0 Å². The lowest BCUT2D eigenvalue weighted by Gasteiger charge is -2.15. The van der Waals surface area contributed by atoms with Gasteiger partial charge in [-0.1, -0.05) is 13.8 Å². The number of fused-ring (bicyclic) bond motifs is 2. The number of anilines is 1. The summed E-state index contributed by atoms with van der Waals surface area (Å²) in [5, 5.41) is 13.2. The molecule has 8 heteroatoms. The fourth-order valence-corrected chi connectivity index (χ4v) is 3.49. The fraction of sp³-hybridized carbons (Fsp3) is 0.368. The number of rotatable bonds is 4. The van der Waals surface area contributed by atoms with Crippen molar-refractivity contribution in [2.75, 3.05) is 18.4 Å². The second-order valence-corrected chi connectivity index (χ2v) is 7.29. The quantitative estimate of drug-likeness (QED) is 0.711. The Balaban J connectivity index is 1.57. The minimum atomic E-state index is -0.354. The van der Waals surface area contributed by atoms with Crippen molar-refractivity contribution in [3.63, 3.8) is 0 Å². The highest BCUT2D eigenvalue weighted by atomic mass is 16.2. The van der Waals surface area contributed by atoms with E-state index in [2.05, 4.69) is 20.8 Å². The largest absolute Gasteiger partial charge is 0.311 e. The van der Waals surface area contributed by atoms with Crippen molar-refractivity contribution < 1.29 is 14.4 Å². The van der Waals surface area contributed by atoms with Crippen molar-refractivity contribution >= 4 is 23.5 Å². The molecular formula is C19H21N5O3. The Hall–Kier alpha value is -3.00. The molecule has 8 nitrogen and oxygen atoms in total. The predicted octanol–water partition coefficient (Wildman–Crippen LogP) is 1.56. The molecule has 0 atom stereocenters. The summed E-state index contributed by atoms with van der Waals surface area (Å²) in [6.45, 7) is 5.78. The molecular weight excluding hydrogens is 346 g/mol. The lowest BCUT2D eigenvalue weighted by Crippen LogP contribution is -2.33. The van der Waals surface area contributed by atoms with Gasteiger partial charge in [0.15, 0.2) is 5.82 Å². The maximum Gasteiger partial charge on any atom is 0.261 e. The zero-order valence-corrected chi connectivity index (χ0v) is 15.3. The summed E-state index contributed by atoms with van der Waals surface area (Å²) in [4.78, 5) is 38.9. The minimum absolute atomic E-state index is 0.176. The first-order valence-corrected chi connectivity index (χ1v) is 9.04. The molecule has 140 valence electrons. The lowest BCUT2D eigenvalue weighted by atomic mass is 10.0. The first-order valence-electron chi connectivity index (χ1n) is 9.04. The molecule has 2 aliphatic rings. The molecule has 2 aromatic rings. The van der Waals surface area contributed by atoms with E-state index in [-0.39, 0.29) is 29.2 Å². The van der Waals surface area contributed by atoms with Crippen LogP contribution < -0.4 is 10.6 Å². The molecule has 27 heavy (non-hydrogen) atoms. The third-order valence-corrected chi connectivity index (χ3v) is 4.82. The maximum absolute atomic E-state index is 12.7. The Kier molecular flexibility index (Phi) is 4.27. The maximum atomic E-state index is 12.7. The Bertz CT molecular complexity index is 947. The summed E-state index contributed by atoms with van der Waals surface area (Å²) in [6.07, 6.45) is 0.781. The molecule has 0 radical (unpaired) electrons. The summed E-state index contributed by atoms with van der Waals surface area (Å²) in [7, 11) is 0. The average molecular weight is 367 g/mol.